The number of nitrogens with zero attached hydrogens (tertiary/aromatic N) is 2. The normalized spacial score (nSPS) is 11.0. The van der Waals surface area contributed by atoms with E-state index >= 15 is 0 Å². The predicted octanol–water partition coefficient (Wildman–Crippen LogP) is 5.25. The van der Waals surface area contributed by atoms with Crippen molar-refractivity contribution in [3.8, 4) is 22.5 Å². The number of halogens is 2. The Bertz CT molecular complexity index is 1200. The van der Waals surface area contributed by atoms with Gasteiger partial charge in [-0.15, -0.1) is 0 Å². The van der Waals surface area contributed by atoms with Crippen LogP contribution in [0.3, 0.4) is 0 Å². The van der Waals surface area contributed by atoms with E-state index in [9.17, 15) is 18.7 Å². The number of carboxylic acids is 1. The van der Waals surface area contributed by atoms with Crippen molar-refractivity contribution in [3.05, 3.63) is 83.4 Å². The monoisotopic (exact) mass is 376 g/mol. The summed E-state index contributed by atoms with van der Waals surface area (Å²) in [5.74, 6) is -1.81. The Morgan fingerprint density at radius 2 is 1.29 bits per heavy atom. The molecule has 0 aliphatic carbocycles. The lowest BCUT2D eigenvalue weighted by Gasteiger charge is -2.13. The average Bonchev–Trinajstić information content (AvgIpc) is 2.68. The second-order valence-electron chi connectivity index (χ2n) is 6.35. The third kappa shape index (κ3) is 3.09. The number of aromatic nitrogens is 2. The molecular weight excluding hydrogens is 362 g/mol. The second-order valence-corrected chi connectivity index (χ2v) is 6.35. The number of aromatic carboxylic acids is 1. The molecule has 0 aliphatic rings. The lowest BCUT2D eigenvalue weighted by atomic mass is 10.0. The van der Waals surface area contributed by atoms with Gasteiger partial charge in [0.25, 0.3) is 0 Å². The van der Waals surface area contributed by atoms with Crippen LogP contribution in [0.2, 0.25) is 0 Å². The van der Waals surface area contributed by atoms with E-state index in [4.69, 9.17) is 0 Å². The fourth-order valence-electron chi connectivity index (χ4n) is 3.11. The number of hydrogen-bond acceptors (Lipinski definition) is 3. The van der Waals surface area contributed by atoms with E-state index in [2.05, 4.69) is 9.97 Å². The number of hydrogen-bond donors (Lipinski definition) is 1. The second kappa shape index (κ2) is 6.81. The number of rotatable bonds is 3. The largest absolute Gasteiger partial charge is 0.478 e. The quantitative estimate of drug-likeness (QED) is 0.531. The predicted molar refractivity (Wildman–Crippen MR) is 102 cm³/mol. The Morgan fingerprint density at radius 1 is 0.786 bits per heavy atom. The Balaban J connectivity index is 2.04. The van der Waals surface area contributed by atoms with E-state index in [1.807, 2.05) is 0 Å². The van der Waals surface area contributed by atoms with Gasteiger partial charge in [-0.3, -0.25) is 0 Å². The lowest BCUT2D eigenvalue weighted by molar-refractivity contribution is 0.0696. The topological polar surface area (TPSA) is 63.1 Å². The zero-order chi connectivity index (χ0) is 19.8. The molecule has 4 nitrogen and oxygen atoms in total. The molecule has 6 heteroatoms. The molecule has 0 spiro atoms. The molecule has 0 fully saturated rings. The summed E-state index contributed by atoms with van der Waals surface area (Å²) in [5.41, 5.74) is 3.84. The molecule has 0 saturated carbocycles. The van der Waals surface area contributed by atoms with E-state index in [1.54, 1.807) is 37.3 Å². The van der Waals surface area contributed by atoms with Crippen LogP contribution in [-0.2, 0) is 0 Å². The van der Waals surface area contributed by atoms with Crippen LogP contribution in [0.1, 0.15) is 15.9 Å². The van der Waals surface area contributed by atoms with Crippen LogP contribution < -0.4 is 0 Å². The minimum atomic E-state index is -1.05. The van der Waals surface area contributed by atoms with Crippen LogP contribution in [0.15, 0.2) is 60.7 Å². The van der Waals surface area contributed by atoms with Gasteiger partial charge in [-0.2, -0.15) is 0 Å². The summed E-state index contributed by atoms with van der Waals surface area (Å²) in [6, 6.07) is 14.7. The molecule has 0 unspecified atom stereocenters. The standard InChI is InChI=1S/C22H14F2N2O2/c1-12-17(22(27)28)10-11-18-19(12)26-21(14-4-8-16(24)9-5-14)20(25-18)13-2-6-15(23)7-3-13/h2-11H,1H3,(H,27,28). The van der Waals surface area contributed by atoms with Gasteiger partial charge in [0.15, 0.2) is 0 Å². The highest BCUT2D eigenvalue weighted by Crippen LogP contribution is 2.32. The van der Waals surface area contributed by atoms with Crippen molar-refractivity contribution in [3.63, 3.8) is 0 Å². The van der Waals surface area contributed by atoms with Crippen LogP contribution in [0.4, 0.5) is 8.78 Å². The van der Waals surface area contributed by atoms with Gasteiger partial charge in [-0.05, 0) is 73.2 Å². The van der Waals surface area contributed by atoms with Crippen molar-refractivity contribution in [1.29, 1.82) is 0 Å². The first-order valence-corrected chi connectivity index (χ1v) is 8.50. The molecule has 0 atom stereocenters. The Hall–Kier alpha value is -3.67. The minimum absolute atomic E-state index is 0.140. The number of aryl methyl sites for hydroxylation is 1. The summed E-state index contributed by atoms with van der Waals surface area (Å²) >= 11 is 0. The number of benzene rings is 3. The van der Waals surface area contributed by atoms with Gasteiger partial charge in [0.05, 0.1) is 28.0 Å². The summed E-state index contributed by atoms with van der Waals surface area (Å²) < 4.78 is 26.7. The smallest absolute Gasteiger partial charge is 0.336 e. The van der Waals surface area contributed by atoms with E-state index in [0.717, 1.165) is 0 Å². The van der Waals surface area contributed by atoms with Gasteiger partial charge >= 0.3 is 5.97 Å². The molecule has 1 heterocycles. The summed E-state index contributed by atoms with van der Waals surface area (Å²) in [7, 11) is 0. The van der Waals surface area contributed by atoms with Gasteiger partial charge in [0, 0.05) is 11.1 Å². The summed E-state index contributed by atoms with van der Waals surface area (Å²) in [6.07, 6.45) is 0. The molecule has 0 aliphatic heterocycles. The van der Waals surface area contributed by atoms with Crippen LogP contribution >= 0.6 is 0 Å². The molecule has 4 rings (SSSR count). The SMILES string of the molecule is Cc1c(C(=O)O)ccc2nc(-c3ccc(F)cc3)c(-c3ccc(F)cc3)nc12. The van der Waals surface area contributed by atoms with Crippen molar-refractivity contribution < 1.29 is 18.7 Å². The first-order valence-electron chi connectivity index (χ1n) is 8.50. The van der Waals surface area contributed by atoms with Gasteiger partial charge in [0.1, 0.15) is 11.6 Å². The maximum Gasteiger partial charge on any atom is 0.336 e. The van der Waals surface area contributed by atoms with E-state index < -0.39 is 5.97 Å². The Labute approximate surface area is 159 Å². The highest BCUT2D eigenvalue weighted by molar-refractivity contribution is 5.96. The first kappa shape index (κ1) is 17.7. The Morgan fingerprint density at radius 3 is 1.79 bits per heavy atom. The molecule has 4 aromatic rings. The minimum Gasteiger partial charge on any atom is -0.478 e. The molecule has 0 saturated heterocycles. The van der Waals surface area contributed by atoms with E-state index in [0.29, 0.717) is 39.1 Å². The molecule has 1 N–H and O–H groups in total. The molecule has 3 aromatic carbocycles. The van der Waals surface area contributed by atoms with Crippen molar-refractivity contribution in [2.45, 2.75) is 6.92 Å². The van der Waals surface area contributed by atoms with Crippen molar-refractivity contribution >= 4 is 17.0 Å². The average molecular weight is 376 g/mol. The van der Waals surface area contributed by atoms with Crippen LogP contribution in [0.25, 0.3) is 33.5 Å². The third-order valence-electron chi connectivity index (χ3n) is 4.56. The molecule has 0 radical (unpaired) electrons. The highest BCUT2D eigenvalue weighted by atomic mass is 19.1. The van der Waals surface area contributed by atoms with Crippen LogP contribution in [-0.4, -0.2) is 21.0 Å². The number of carbonyl (C=O) groups is 1. The Kier molecular flexibility index (Phi) is 4.31. The first-order chi connectivity index (χ1) is 13.4. The molecule has 0 amide bonds. The van der Waals surface area contributed by atoms with E-state index in [1.165, 1.54) is 30.3 Å². The van der Waals surface area contributed by atoms with Gasteiger partial charge in [-0.1, -0.05) is 0 Å². The summed E-state index contributed by atoms with van der Waals surface area (Å²) in [5, 5.41) is 9.38. The maximum atomic E-state index is 13.4. The zero-order valence-electron chi connectivity index (χ0n) is 14.8. The van der Waals surface area contributed by atoms with Gasteiger partial charge in [0.2, 0.25) is 0 Å². The van der Waals surface area contributed by atoms with E-state index in [-0.39, 0.29) is 17.2 Å². The molecule has 138 valence electrons. The summed E-state index contributed by atoms with van der Waals surface area (Å²) in [6.45, 7) is 1.67. The third-order valence-corrected chi connectivity index (χ3v) is 4.56. The number of fused-ring (bicyclic) bond motifs is 1. The number of carboxylic acid groups (broad SMARTS) is 1. The van der Waals surface area contributed by atoms with Crippen molar-refractivity contribution in [2.75, 3.05) is 0 Å². The maximum absolute atomic E-state index is 13.4. The zero-order valence-corrected chi connectivity index (χ0v) is 14.8. The van der Waals surface area contributed by atoms with Gasteiger partial charge < -0.3 is 5.11 Å². The summed E-state index contributed by atoms with van der Waals surface area (Å²) in [4.78, 5) is 20.8. The highest BCUT2D eigenvalue weighted by Gasteiger charge is 2.17. The fourth-order valence-corrected chi connectivity index (χ4v) is 3.11. The van der Waals surface area contributed by atoms with Crippen molar-refractivity contribution in [1.82, 2.24) is 9.97 Å². The molecular formula is C22H14F2N2O2. The molecule has 0 bridgehead atoms. The van der Waals surface area contributed by atoms with Crippen LogP contribution in [0, 0.1) is 18.6 Å². The van der Waals surface area contributed by atoms with Crippen LogP contribution in [0.5, 0.6) is 0 Å². The lowest BCUT2D eigenvalue weighted by Crippen LogP contribution is -2.03. The van der Waals surface area contributed by atoms with Gasteiger partial charge in [-0.25, -0.2) is 23.5 Å². The van der Waals surface area contributed by atoms with Crippen molar-refractivity contribution in [2.24, 2.45) is 0 Å². The fraction of sp³-hybridized carbons (Fsp3) is 0.0455. The molecule has 28 heavy (non-hydrogen) atoms. The molecule has 1 aromatic heterocycles.